The Kier molecular flexibility index (Phi) is 4.02. The number of carboxylic acid groups (broad SMARTS) is 1. The summed E-state index contributed by atoms with van der Waals surface area (Å²) in [6.45, 7) is 1.82. The van der Waals surface area contributed by atoms with E-state index in [1.54, 1.807) is 18.6 Å². The molecule has 1 aliphatic rings. The Hall–Kier alpha value is -2.47. The molecule has 0 aliphatic carbocycles. The molecule has 114 valence electrons. The van der Waals surface area contributed by atoms with Crippen LogP contribution in [0.2, 0.25) is 0 Å². The van der Waals surface area contributed by atoms with Gasteiger partial charge >= 0.3 is 5.97 Å². The Balaban J connectivity index is 1.79. The quantitative estimate of drug-likeness (QED) is 0.885. The third-order valence-corrected chi connectivity index (χ3v) is 4.17. The highest BCUT2D eigenvalue weighted by molar-refractivity contribution is 5.72. The van der Waals surface area contributed by atoms with Gasteiger partial charge in [-0.2, -0.15) is 0 Å². The molecule has 2 aromatic heterocycles. The molecule has 2 atom stereocenters. The summed E-state index contributed by atoms with van der Waals surface area (Å²) in [5, 5.41) is 9.50. The molecule has 6 heteroatoms. The van der Waals surface area contributed by atoms with Gasteiger partial charge in [-0.25, -0.2) is 4.98 Å². The molecule has 6 nitrogen and oxygen atoms in total. The lowest BCUT2D eigenvalue weighted by atomic mass is 9.90. The van der Waals surface area contributed by atoms with Crippen LogP contribution < -0.4 is 5.73 Å². The number of nitrogens with zero attached hydrogens (tertiary/aromatic N) is 3. The summed E-state index contributed by atoms with van der Waals surface area (Å²) in [7, 11) is 0. The lowest BCUT2D eigenvalue weighted by Crippen LogP contribution is -2.23. The van der Waals surface area contributed by atoms with Gasteiger partial charge < -0.3 is 10.8 Å². The Bertz CT molecular complexity index is 662. The Morgan fingerprint density at radius 1 is 1.27 bits per heavy atom. The molecule has 3 heterocycles. The van der Waals surface area contributed by atoms with Crippen LogP contribution in [0.15, 0.2) is 42.9 Å². The number of anilines is 1. The predicted octanol–water partition coefficient (Wildman–Crippen LogP) is 1.36. The third kappa shape index (κ3) is 2.92. The molecule has 0 spiro atoms. The average Bonchev–Trinajstić information content (AvgIpc) is 2.95. The van der Waals surface area contributed by atoms with E-state index in [-0.39, 0.29) is 5.92 Å². The number of nitrogens with two attached hydrogens (primary N) is 1. The number of aliphatic carboxylic acids is 1. The molecular weight excluding hydrogens is 280 g/mol. The van der Waals surface area contributed by atoms with Crippen molar-refractivity contribution < 1.29 is 9.90 Å². The van der Waals surface area contributed by atoms with Crippen molar-refractivity contribution in [1.29, 1.82) is 0 Å². The van der Waals surface area contributed by atoms with Crippen LogP contribution in [0.1, 0.15) is 17.0 Å². The summed E-state index contributed by atoms with van der Waals surface area (Å²) in [6.07, 6.45) is 5.06. The minimum atomic E-state index is -0.761. The van der Waals surface area contributed by atoms with Gasteiger partial charge in [-0.3, -0.25) is 14.7 Å². The van der Waals surface area contributed by atoms with Crippen LogP contribution in [-0.2, 0) is 11.3 Å². The van der Waals surface area contributed by atoms with Crippen LogP contribution in [0.3, 0.4) is 0 Å². The topological polar surface area (TPSA) is 92.3 Å². The molecule has 0 aromatic carbocycles. The van der Waals surface area contributed by atoms with Crippen molar-refractivity contribution in [3.05, 3.63) is 54.0 Å². The van der Waals surface area contributed by atoms with Crippen LogP contribution in [0.4, 0.5) is 5.82 Å². The number of hydrogen-bond acceptors (Lipinski definition) is 5. The monoisotopic (exact) mass is 298 g/mol. The number of nitrogen functional groups attached to an aromatic ring is 1. The van der Waals surface area contributed by atoms with Gasteiger partial charge in [0.25, 0.3) is 0 Å². The van der Waals surface area contributed by atoms with Crippen molar-refractivity contribution in [2.45, 2.75) is 12.5 Å². The van der Waals surface area contributed by atoms with Gasteiger partial charge in [-0.15, -0.1) is 0 Å². The first-order valence-electron chi connectivity index (χ1n) is 7.19. The molecule has 1 fully saturated rings. The van der Waals surface area contributed by atoms with E-state index >= 15 is 0 Å². The van der Waals surface area contributed by atoms with E-state index in [1.165, 1.54) is 0 Å². The Labute approximate surface area is 128 Å². The summed E-state index contributed by atoms with van der Waals surface area (Å²) in [4.78, 5) is 21.8. The first kappa shape index (κ1) is 14.5. The molecule has 0 radical (unpaired) electrons. The average molecular weight is 298 g/mol. The zero-order valence-electron chi connectivity index (χ0n) is 12.1. The van der Waals surface area contributed by atoms with E-state index in [0.717, 1.165) is 11.1 Å². The molecule has 1 aliphatic heterocycles. The zero-order valence-corrected chi connectivity index (χ0v) is 12.1. The number of carboxylic acids is 1. The van der Waals surface area contributed by atoms with E-state index in [9.17, 15) is 9.90 Å². The minimum absolute atomic E-state index is 0.0293. The molecular formula is C16H18N4O2. The third-order valence-electron chi connectivity index (χ3n) is 4.17. The molecule has 1 saturated heterocycles. The standard InChI is InChI=1S/C16H18N4O2/c17-15-12(2-1-5-19-15)8-20-9-13(14(10-20)16(21)22)11-3-6-18-7-4-11/h1-7,13-14H,8-10H2,(H2,17,19)(H,21,22)/t13-,14+/m1/s1. The number of pyridine rings is 2. The molecule has 22 heavy (non-hydrogen) atoms. The van der Waals surface area contributed by atoms with Crippen molar-refractivity contribution in [3.8, 4) is 0 Å². The van der Waals surface area contributed by atoms with Gasteiger partial charge in [0.05, 0.1) is 5.92 Å². The maximum Gasteiger partial charge on any atom is 0.308 e. The lowest BCUT2D eigenvalue weighted by Gasteiger charge is -2.16. The number of rotatable bonds is 4. The fraction of sp³-hybridized carbons (Fsp3) is 0.312. The molecule has 2 aromatic rings. The fourth-order valence-corrected chi connectivity index (χ4v) is 3.04. The number of aromatic nitrogens is 2. The molecule has 3 rings (SSSR count). The second-order valence-corrected chi connectivity index (χ2v) is 5.57. The first-order chi connectivity index (χ1) is 10.6. The van der Waals surface area contributed by atoms with E-state index in [1.807, 2.05) is 24.3 Å². The van der Waals surface area contributed by atoms with Gasteiger partial charge in [-0.1, -0.05) is 6.07 Å². The summed E-state index contributed by atoms with van der Waals surface area (Å²) in [5.74, 6) is -0.705. The fourth-order valence-electron chi connectivity index (χ4n) is 3.04. The van der Waals surface area contributed by atoms with Crippen molar-refractivity contribution >= 4 is 11.8 Å². The highest BCUT2D eigenvalue weighted by atomic mass is 16.4. The maximum atomic E-state index is 11.6. The van der Waals surface area contributed by atoms with Gasteiger partial charge in [0.15, 0.2) is 0 Å². The van der Waals surface area contributed by atoms with Crippen LogP contribution in [0.25, 0.3) is 0 Å². The maximum absolute atomic E-state index is 11.6. The zero-order chi connectivity index (χ0) is 15.5. The second-order valence-electron chi connectivity index (χ2n) is 5.57. The van der Waals surface area contributed by atoms with E-state index in [4.69, 9.17) is 5.73 Å². The summed E-state index contributed by atoms with van der Waals surface area (Å²) in [5.41, 5.74) is 7.83. The summed E-state index contributed by atoms with van der Waals surface area (Å²) < 4.78 is 0. The van der Waals surface area contributed by atoms with Gasteiger partial charge in [-0.05, 0) is 23.8 Å². The van der Waals surface area contributed by atoms with Crippen LogP contribution in [0.5, 0.6) is 0 Å². The Morgan fingerprint density at radius 2 is 2.05 bits per heavy atom. The molecule has 3 N–H and O–H groups in total. The number of hydrogen-bond donors (Lipinski definition) is 2. The number of carbonyl (C=O) groups is 1. The molecule has 0 saturated carbocycles. The Morgan fingerprint density at radius 3 is 2.73 bits per heavy atom. The van der Waals surface area contributed by atoms with Gasteiger partial charge in [0.2, 0.25) is 0 Å². The van der Waals surface area contributed by atoms with Crippen molar-refractivity contribution in [1.82, 2.24) is 14.9 Å². The smallest absolute Gasteiger partial charge is 0.308 e. The van der Waals surface area contributed by atoms with Crippen LogP contribution >= 0.6 is 0 Å². The molecule has 0 amide bonds. The van der Waals surface area contributed by atoms with E-state index < -0.39 is 11.9 Å². The van der Waals surface area contributed by atoms with Crippen molar-refractivity contribution in [3.63, 3.8) is 0 Å². The van der Waals surface area contributed by atoms with Crippen LogP contribution in [-0.4, -0.2) is 39.0 Å². The largest absolute Gasteiger partial charge is 0.481 e. The predicted molar refractivity (Wildman–Crippen MR) is 82.0 cm³/mol. The summed E-state index contributed by atoms with van der Waals surface area (Å²) >= 11 is 0. The minimum Gasteiger partial charge on any atom is -0.481 e. The summed E-state index contributed by atoms with van der Waals surface area (Å²) in [6, 6.07) is 7.56. The SMILES string of the molecule is Nc1ncccc1CN1C[C@H](C(=O)O)[C@@H](c2ccncc2)C1. The normalized spacial score (nSPS) is 21.8. The van der Waals surface area contributed by atoms with Crippen molar-refractivity contribution in [2.75, 3.05) is 18.8 Å². The molecule has 0 unspecified atom stereocenters. The van der Waals surface area contributed by atoms with Gasteiger partial charge in [0, 0.05) is 49.7 Å². The second kappa shape index (κ2) is 6.11. The highest BCUT2D eigenvalue weighted by Crippen LogP contribution is 2.33. The first-order valence-corrected chi connectivity index (χ1v) is 7.19. The van der Waals surface area contributed by atoms with Gasteiger partial charge in [0.1, 0.15) is 5.82 Å². The van der Waals surface area contributed by atoms with E-state index in [2.05, 4.69) is 14.9 Å². The highest BCUT2D eigenvalue weighted by Gasteiger charge is 2.38. The van der Waals surface area contributed by atoms with Crippen LogP contribution in [0, 0.1) is 5.92 Å². The molecule has 0 bridgehead atoms. The van der Waals surface area contributed by atoms with E-state index in [0.29, 0.717) is 25.5 Å². The number of likely N-dealkylation sites (tertiary alicyclic amines) is 1. The van der Waals surface area contributed by atoms with Crippen molar-refractivity contribution in [2.24, 2.45) is 5.92 Å². The lowest BCUT2D eigenvalue weighted by molar-refractivity contribution is -0.141.